The third-order valence-electron chi connectivity index (χ3n) is 2.98. The summed E-state index contributed by atoms with van der Waals surface area (Å²) in [7, 11) is 0. The second-order valence-electron chi connectivity index (χ2n) is 5.10. The van der Waals surface area contributed by atoms with E-state index >= 15 is 0 Å². The molecule has 0 spiro atoms. The molecule has 0 aliphatic rings. The molecule has 0 unspecified atom stereocenters. The summed E-state index contributed by atoms with van der Waals surface area (Å²) >= 11 is 0. The monoisotopic (exact) mass is 310 g/mol. The number of aromatic nitrogens is 1. The predicted molar refractivity (Wildman–Crippen MR) is 89.2 cm³/mol. The van der Waals surface area contributed by atoms with Crippen molar-refractivity contribution in [1.29, 1.82) is 0 Å². The molecule has 1 aromatic carbocycles. The molecule has 0 bridgehead atoms. The molecule has 0 aliphatic heterocycles. The Bertz CT molecular complexity index is 726. The van der Waals surface area contributed by atoms with Crippen LogP contribution in [0.1, 0.15) is 29.3 Å². The molecular weight excluding hydrogens is 292 g/mol. The van der Waals surface area contributed by atoms with Gasteiger partial charge in [0.15, 0.2) is 0 Å². The number of aryl methyl sites for hydroxylation is 1. The number of carbonyl (C=O) groups is 2. The molecule has 0 aliphatic carbocycles. The van der Waals surface area contributed by atoms with Crippen LogP contribution in [0.5, 0.6) is 0 Å². The molecule has 0 saturated carbocycles. The van der Waals surface area contributed by atoms with Crippen molar-refractivity contribution in [3.63, 3.8) is 0 Å². The van der Waals surface area contributed by atoms with Gasteiger partial charge >= 0.3 is 0 Å². The topological polar surface area (TPSA) is 83.4 Å². The summed E-state index contributed by atoms with van der Waals surface area (Å²) in [6.07, 6.45) is 1.71. The predicted octanol–water partition coefficient (Wildman–Crippen LogP) is 2.52. The zero-order valence-electron chi connectivity index (χ0n) is 13.0. The summed E-state index contributed by atoms with van der Waals surface area (Å²) in [6.45, 7) is 3.59. The Morgan fingerprint density at radius 3 is 2.61 bits per heavy atom. The Balaban J connectivity index is 1.87. The third kappa shape index (κ3) is 5.35. The number of carbonyl (C=O) groups excluding carboxylic acids is 2. The molecule has 0 radical (unpaired) electrons. The van der Waals surface area contributed by atoms with E-state index in [2.05, 4.69) is 20.8 Å². The third-order valence-corrected chi connectivity index (χ3v) is 2.98. The van der Waals surface area contributed by atoms with Gasteiger partial charge in [0.2, 0.25) is 5.91 Å². The molecule has 1 aromatic heterocycles. The average Bonchev–Trinajstić information content (AvgIpc) is 2.53. The summed E-state index contributed by atoms with van der Waals surface area (Å²) in [6, 6.07) is 12.4. The fraction of sp³-hybridized carbons (Fsp3) is 0.176. The zero-order valence-corrected chi connectivity index (χ0v) is 13.0. The van der Waals surface area contributed by atoms with Crippen LogP contribution in [-0.4, -0.2) is 22.5 Å². The van der Waals surface area contributed by atoms with Crippen molar-refractivity contribution in [2.45, 2.75) is 20.3 Å². The number of hydrazone groups is 1. The van der Waals surface area contributed by atoms with E-state index in [-0.39, 0.29) is 18.2 Å². The summed E-state index contributed by atoms with van der Waals surface area (Å²) in [4.78, 5) is 27.8. The maximum atomic E-state index is 11.9. The van der Waals surface area contributed by atoms with Gasteiger partial charge in [-0.05, 0) is 43.7 Å². The summed E-state index contributed by atoms with van der Waals surface area (Å²) in [5.74, 6) is -0.0554. The highest BCUT2D eigenvalue weighted by Gasteiger charge is 2.07. The average molecular weight is 310 g/mol. The number of rotatable bonds is 5. The van der Waals surface area contributed by atoms with Crippen molar-refractivity contribution in [3.8, 4) is 0 Å². The molecule has 2 aromatic rings. The van der Waals surface area contributed by atoms with Gasteiger partial charge in [0.25, 0.3) is 5.91 Å². The molecule has 0 fully saturated rings. The molecule has 0 saturated heterocycles. The van der Waals surface area contributed by atoms with Crippen LogP contribution in [0.4, 0.5) is 5.82 Å². The van der Waals surface area contributed by atoms with Gasteiger partial charge in [-0.25, -0.2) is 10.4 Å². The lowest BCUT2D eigenvalue weighted by molar-refractivity contribution is -0.115. The second-order valence-corrected chi connectivity index (χ2v) is 5.10. The Labute approximate surface area is 134 Å². The van der Waals surface area contributed by atoms with Crippen LogP contribution in [0.15, 0.2) is 53.8 Å². The number of hydrogen-bond acceptors (Lipinski definition) is 4. The van der Waals surface area contributed by atoms with Gasteiger partial charge in [0.05, 0.1) is 6.42 Å². The lowest BCUT2D eigenvalue weighted by Gasteiger charge is -2.05. The molecule has 2 N–H and O–H groups in total. The lowest BCUT2D eigenvalue weighted by Crippen LogP contribution is -2.21. The first-order valence-corrected chi connectivity index (χ1v) is 7.15. The number of amides is 2. The van der Waals surface area contributed by atoms with Gasteiger partial charge in [-0.3, -0.25) is 9.59 Å². The van der Waals surface area contributed by atoms with Crippen LogP contribution in [0.25, 0.3) is 0 Å². The molecule has 0 atom stereocenters. The second kappa shape index (κ2) is 7.84. The summed E-state index contributed by atoms with van der Waals surface area (Å²) < 4.78 is 0. The van der Waals surface area contributed by atoms with Crippen LogP contribution in [0.2, 0.25) is 0 Å². The standard InChI is InChI=1S/C17H18N4O2/c1-12-8-9-18-15(10-12)19-16(22)11-13(2)20-21-17(23)14-6-4-3-5-7-14/h3-10H,11H2,1-2H3,(H,21,23)(H,18,19,22)/b20-13-. The molecular formula is C17H18N4O2. The Morgan fingerprint density at radius 1 is 1.17 bits per heavy atom. The van der Waals surface area contributed by atoms with Crippen LogP contribution in [0.3, 0.4) is 0 Å². The molecule has 23 heavy (non-hydrogen) atoms. The highest BCUT2D eigenvalue weighted by Crippen LogP contribution is 2.05. The minimum absolute atomic E-state index is 0.0741. The van der Waals surface area contributed by atoms with Crippen molar-refractivity contribution in [1.82, 2.24) is 10.4 Å². The summed E-state index contributed by atoms with van der Waals surface area (Å²) in [5.41, 5.74) is 4.45. The fourth-order valence-corrected chi connectivity index (χ4v) is 1.86. The van der Waals surface area contributed by atoms with Gasteiger partial charge in [0, 0.05) is 17.5 Å². The molecule has 1 heterocycles. The van der Waals surface area contributed by atoms with E-state index in [9.17, 15) is 9.59 Å². The van der Waals surface area contributed by atoms with Crippen molar-refractivity contribution in [2.75, 3.05) is 5.32 Å². The van der Waals surface area contributed by atoms with E-state index in [1.807, 2.05) is 19.1 Å². The Hall–Kier alpha value is -3.02. The van der Waals surface area contributed by atoms with E-state index < -0.39 is 0 Å². The maximum Gasteiger partial charge on any atom is 0.271 e. The first-order chi connectivity index (χ1) is 11.0. The minimum Gasteiger partial charge on any atom is -0.310 e. The van der Waals surface area contributed by atoms with Gasteiger partial charge < -0.3 is 5.32 Å². The van der Waals surface area contributed by atoms with Gasteiger partial charge in [0.1, 0.15) is 5.82 Å². The van der Waals surface area contributed by atoms with Gasteiger partial charge in [-0.2, -0.15) is 5.10 Å². The summed E-state index contributed by atoms with van der Waals surface area (Å²) in [5, 5.41) is 6.62. The highest BCUT2D eigenvalue weighted by atomic mass is 16.2. The van der Waals surface area contributed by atoms with Crippen LogP contribution in [0, 0.1) is 6.92 Å². The van der Waals surface area contributed by atoms with Gasteiger partial charge in [-0.1, -0.05) is 18.2 Å². The van der Waals surface area contributed by atoms with Crippen LogP contribution >= 0.6 is 0 Å². The van der Waals surface area contributed by atoms with Crippen molar-refractivity contribution in [3.05, 3.63) is 59.8 Å². The number of pyridine rings is 1. The number of nitrogens with zero attached hydrogens (tertiary/aromatic N) is 2. The van der Waals surface area contributed by atoms with E-state index in [4.69, 9.17) is 0 Å². The molecule has 2 rings (SSSR count). The molecule has 2 amide bonds. The highest BCUT2D eigenvalue weighted by molar-refractivity contribution is 6.05. The quantitative estimate of drug-likeness (QED) is 0.657. The number of nitrogens with one attached hydrogen (secondary N) is 2. The Morgan fingerprint density at radius 2 is 1.91 bits per heavy atom. The number of hydrogen-bond donors (Lipinski definition) is 2. The Kier molecular flexibility index (Phi) is 5.57. The van der Waals surface area contributed by atoms with E-state index in [0.717, 1.165) is 5.56 Å². The van der Waals surface area contributed by atoms with E-state index in [1.54, 1.807) is 43.5 Å². The zero-order chi connectivity index (χ0) is 16.7. The molecule has 6 nitrogen and oxygen atoms in total. The lowest BCUT2D eigenvalue weighted by atomic mass is 10.2. The van der Waals surface area contributed by atoms with Crippen molar-refractivity contribution < 1.29 is 9.59 Å². The number of benzene rings is 1. The minimum atomic E-state index is -0.314. The molecule has 118 valence electrons. The fourth-order valence-electron chi connectivity index (χ4n) is 1.86. The van der Waals surface area contributed by atoms with Crippen molar-refractivity contribution >= 4 is 23.3 Å². The maximum absolute atomic E-state index is 11.9. The van der Waals surface area contributed by atoms with E-state index in [1.165, 1.54) is 0 Å². The first-order valence-electron chi connectivity index (χ1n) is 7.15. The number of anilines is 1. The van der Waals surface area contributed by atoms with Crippen LogP contribution in [-0.2, 0) is 4.79 Å². The first kappa shape index (κ1) is 16.4. The van der Waals surface area contributed by atoms with Gasteiger partial charge in [-0.15, -0.1) is 0 Å². The van der Waals surface area contributed by atoms with Crippen molar-refractivity contribution in [2.24, 2.45) is 5.10 Å². The largest absolute Gasteiger partial charge is 0.310 e. The van der Waals surface area contributed by atoms with E-state index in [0.29, 0.717) is 17.1 Å². The van der Waals surface area contributed by atoms with Crippen LogP contribution < -0.4 is 10.7 Å². The molecule has 6 heteroatoms. The normalized spacial score (nSPS) is 11.0. The SMILES string of the molecule is C/C(CC(=O)Nc1cc(C)ccn1)=N/NC(=O)c1ccccc1. The smallest absolute Gasteiger partial charge is 0.271 e.